The van der Waals surface area contributed by atoms with E-state index in [0.29, 0.717) is 24.5 Å². The van der Waals surface area contributed by atoms with Gasteiger partial charge in [0.15, 0.2) is 5.60 Å². The van der Waals surface area contributed by atoms with Crippen LogP contribution < -0.4 is 5.32 Å². The molecule has 0 spiro atoms. The highest BCUT2D eigenvalue weighted by molar-refractivity contribution is 7.13. The molecule has 0 bridgehead atoms. The van der Waals surface area contributed by atoms with Crippen molar-refractivity contribution in [2.24, 2.45) is 0 Å². The fourth-order valence-electron chi connectivity index (χ4n) is 4.89. The van der Waals surface area contributed by atoms with Crippen molar-refractivity contribution in [1.82, 2.24) is 30.0 Å². The van der Waals surface area contributed by atoms with Gasteiger partial charge in [-0.05, 0) is 42.5 Å². The second kappa shape index (κ2) is 8.54. The normalized spacial score (nSPS) is 21.8. The van der Waals surface area contributed by atoms with Gasteiger partial charge >= 0.3 is 0 Å². The predicted molar refractivity (Wildman–Crippen MR) is 133 cm³/mol. The van der Waals surface area contributed by atoms with Crippen molar-refractivity contribution in [2.75, 3.05) is 18.9 Å². The lowest BCUT2D eigenvalue weighted by atomic mass is 9.91. The van der Waals surface area contributed by atoms with Gasteiger partial charge in [0.1, 0.15) is 10.7 Å². The van der Waals surface area contributed by atoms with Crippen LogP contribution in [0.4, 0.5) is 5.95 Å². The molecule has 10 heteroatoms. The van der Waals surface area contributed by atoms with E-state index in [4.69, 9.17) is 9.97 Å². The van der Waals surface area contributed by atoms with Gasteiger partial charge in [-0.1, -0.05) is 18.2 Å². The third kappa shape index (κ3) is 3.88. The zero-order valence-electron chi connectivity index (χ0n) is 19.2. The number of aryl methyl sites for hydroxylation is 1. The number of rotatable bonds is 5. The van der Waals surface area contributed by atoms with Crippen molar-refractivity contribution >= 4 is 23.2 Å². The Morgan fingerprint density at radius 2 is 2.17 bits per heavy atom. The number of nitrogens with zero attached hydrogens (tertiary/aromatic N) is 5. The molecule has 6 rings (SSSR count). The summed E-state index contributed by atoms with van der Waals surface area (Å²) < 4.78 is 0. The number of fused-ring (bicyclic) bond motifs is 1. The van der Waals surface area contributed by atoms with E-state index in [9.17, 15) is 9.90 Å². The smallest absolute Gasteiger partial charge is 0.258 e. The average Bonchev–Trinajstić information content (AvgIpc) is 3.62. The van der Waals surface area contributed by atoms with Crippen LogP contribution in [0, 0.1) is 0 Å². The first-order valence-electron chi connectivity index (χ1n) is 11.7. The molecule has 2 aliphatic rings. The van der Waals surface area contributed by atoms with E-state index in [2.05, 4.69) is 20.5 Å². The number of hydrogen-bond acceptors (Lipinski definition) is 8. The number of carbonyl (C=O) groups excluding carboxylic acids is 1. The van der Waals surface area contributed by atoms with Gasteiger partial charge < -0.3 is 15.3 Å². The van der Waals surface area contributed by atoms with Gasteiger partial charge in [-0.2, -0.15) is 5.10 Å². The highest BCUT2D eigenvalue weighted by Crippen LogP contribution is 2.36. The number of amides is 1. The van der Waals surface area contributed by atoms with Gasteiger partial charge in [0.25, 0.3) is 5.91 Å². The fourth-order valence-corrected chi connectivity index (χ4v) is 5.70. The summed E-state index contributed by atoms with van der Waals surface area (Å²) >= 11 is 1.50. The number of aliphatic hydroxyl groups is 1. The molecule has 3 aromatic heterocycles. The number of nitrogens with one attached hydrogen (secondary N) is 2. The summed E-state index contributed by atoms with van der Waals surface area (Å²) in [6.45, 7) is 0.535. The van der Waals surface area contributed by atoms with E-state index in [-0.39, 0.29) is 11.9 Å². The Hall–Kier alpha value is -3.63. The Kier molecular flexibility index (Phi) is 5.34. The van der Waals surface area contributed by atoms with Crippen LogP contribution in [0.2, 0.25) is 0 Å². The third-order valence-corrected chi connectivity index (χ3v) is 7.75. The Morgan fingerprint density at radius 3 is 3.03 bits per heavy atom. The molecule has 178 valence electrons. The zero-order valence-corrected chi connectivity index (χ0v) is 20.0. The molecule has 2 unspecified atom stereocenters. The van der Waals surface area contributed by atoms with Crippen LogP contribution in [0.3, 0.4) is 0 Å². The monoisotopic (exact) mass is 487 g/mol. The second-order valence-corrected chi connectivity index (χ2v) is 9.98. The summed E-state index contributed by atoms with van der Waals surface area (Å²) in [4.78, 5) is 28.0. The second-order valence-electron chi connectivity index (χ2n) is 9.12. The molecule has 1 aromatic carbocycles. The molecule has 1 aliphatic carbocycles. The molecule has 0 radical (unpaired) electrons. The lowest BCUT2D eigenvalue weighted by Crippen LogP contribution is -2.36. The maximum absolute atomic E-state index is 12.5. The topological polar surface area (TPSA) is 120 Å². The largest absolute Gasteiger partial charge is 0.375 e. The number of hydrogen-bond donors (Lipinski definition) is 3. The summed E-state index contributed by atoms with van der Waals surface area (Å²) in [5.74, 6) is 0.285. The van der Waals surface area contributed by atoms with Crippen molar-refractivity contribution in [3.8, 4) is 22.0 Å². The minimum Gasteiger partial charge on any atom is -0.375 e. The van der Waals surface area contributed by atoms with E-state index in [0.717, 1.165) is 46.9 Å². The number of thiazole rings is 1. The number of likely N-dealkylation sites (tertiary alicyclic amines) is 1. The number of aromatic amines is 1. The predicted octanol–water partition coefficient (Wildman–Crippen LogP) is 3.53. The average molecular weight is 488 g/mol. The van der Waals surface area contributed by atoms with Crippen LogP contribution in [0.15, 0.2) is 48.1 Å². The lowest BCUT2D eigenvalue weighted by molar-refractivity contribution is -0.143. The molecule has 4 aromatic rings. The van der Waals surface area contributed by atoms with Gasteiger partial charge in [0.05, 0.1) is 23.6 Å². The quantitative estimate of drug-likeness (QED) is 0.394. The summed E-state index contributed by atoms with van der Waals surface area (Å²) in [6, 6.07) is 9.41. The molecule has 0 saturated carbocycles. The SMILES string of the molecule is CN1CCC(O)(c2cccc(-c3nc(-c4ccnc(NC5CCCc6cn[nH]c65)n4)cs3)c2)C1=O. The number of carbonyl (C=O) groups is 1. The van der Waals surface area contributed by atoms with E-state index < -0.39 is 5.60 Å². The molecule has 1 aliphatic heterocycles. The van der Waals surface area contributed by atoms with Gasteiger partial charge in [-0.15, -0.1) is 11.3 Å². The minimum atomic E-state index is -1.48. The van der Waals surface area contributed by atoms with E-state index >= 15 is 0 Å². The van der Waals surface area contributed by atoms with Crippen molar-refractivity contribution in [2.45, 2.75) is 37.3 Å². The summed E-state index contributed by atoms with van der Waals surface area (Å²) in [5, 5.41) is 24.5. The van der Waals surface area contributed by atoms with Crippen LogP contribution in [0.1, 0.15) is 42.1 Å². The first-order valence-corrected chi connectivity index (χ1v) is 12.6. The fraction of sp³-hybridized carbons (Fsp3) is 0.320. The molecular formula is C25H25N7O2S. The highest BCUT2D eigenvalue weighted by Gasteiger charge is 2.45. The number of aromatic nitrogens is 5. The summed E-state index contributed by atoms with van der Waals surface area (Å²) in [5.41, 5.74) is 3.80. The Balaban J connectivity index is 1.25. The molecule has 35 heavy (non-hydrogen) atoms. The van der Waals surface area contributed by atoms with E-state index in [1.807, 2.05) is 35.8 Å². The van der Waals surface area contributed by atoms with Gasteiger partial charge in [0.2, 0.25) is 5.95 Å². The maximum atomic E-state index is 12.5. The molecule has 9 nitrogen and oxygen atoms in total. The summed E-state index contributed by atoms with van der Waals surface area (Å²) in [6.07, 6.45) is 7.13. The molecule has 1 amide bonds. The first kappa shape index (κ1) is 21.9. The van der Waals surface area contributed by atoms with Crippen LogP contribution in [-0.2, 0) is 16.8 Å². The van der Waals surface area contributed by atoms with E-state index in [1.165, 1.54) is 16.9 Å². The van der Waals surface area contributed by atoms with Gasteiger partial charge in [-0.25, -0.2) is 15.0 Å². The number of benzene rings is 1. The third-order valence-electron chi connectivity index (χ3n) is 6.86. The van der Waals surface area contributed by atoms with Gasteiger partial charge in [0, 0.05) is 37.2 Å². The van der Waals surface area contributed by atoms with E-state index in [1.54, 1.807) is 24.2 Å². The van der Waals surface area contributed by atoms with Crippen molar-refractivity contribution in [1.29, 1.82) is 0 Å². The van der Waals surface area contributed by atoms with Crippen molar-refractivity contribution in [3.05, 3.63) is 64.9 Å². The van der Waals surface area contributed by atoms with Crippen LogP contribution >= 0.6 is 11.3 Å². The van der Waals surface area contributed by atoms with Gasteiger partial charge in [-0.3, -0.25) is 9.89 Å². The van der Waals surface area contributed by atoms with Crippen LogP contribution in [0.25, 0.3) is 22.0 Å². The standard InChI is InChI=1S/C25H25N7O2S/c1-32-11-9-25(34,23(32)33)17-6-2-4-15(12-17)22-28-20(14-35-22)18-8-10-26-24(29-18)30-19-7-3-5-16-13-27-31-21(16)19/h2,4,6,8,10,12-14,19,34H,3,5,7,9,11H2,1H3,(H,27,31)(H,26,29,30). The summed E-state index contributed by atoms with van der Waals surface area (Å²) in [7, 11) is 1.71. The Labute approximate surface area is 206 Å². The minimum absolute atomic E-state index is 0.105. The van der Waals surface area contributed by atoms with Crippen molar-refractivity contribution < 1.29 is 9.90 Å². The Bertz CT molecular complexity index is 1400. The van der Waals surface area contributed by atoms with Crippen LogP contribution in [-0.4, -0.2) is 54.7 Å². The molecule has 1 fully saturated rings. The maximum Gasteiger partial charge on any atom is 0.258 e. The molecular weight excluding hydrogens is 462 g/mol. The molecule has 1 saturated heterocycles. The number of likely N-dealkylation sites (N-methyl/N-ethyl adjacent to an activating group) is 1. The Morgan fingerprint density at radius 1 is 1.26 bits per heavy atom. The number of anilines is 1. The highest BCUT2D eigenvalue weighted by atomic mass is 32.1. The molecule has 4 heterocycles. The zero-order chi connectivity index (χ0) is 24.0. The van der Waals surface area contributed by atoms with Crippen LogP contribution in [0.5, 0.6) is 0 Å². The van der Waals surface area contributed by atoms with Crippen molar-refractivity contribution in [3.63, 3.8) is 0 Å². The lowest BCUT2D eigenvalue weighted by Gasteiger charge is -2.22. The first-order chi connectivity index (χ1) is 17.0. The number of H-pyrrole nitrogens is 1. The molecule has 2 atom stereocenters. The molecule has 3 N–H and O–H groups in total.